The second-order valence-electron chi connectivity index (χ2n) is 5.77. The van der Waals surface area contributed by atoms with Gasteiger partial charge in [0, 0.05) is 31.4 Å². The van der Waals surface area contributed by atoms with Crippen LogP contribution >= 0.6 is 0 Å². The summed E-state index contributed by atoms with van der Waals surface area (Å²) in [5.74, 6) is 0. The van der Waals surface area contributed by atoms with Crippen molar-refractivity contribution in [2.24, 2.45) is 0 Å². The SMILES string of the molecule is CC1CCCN1Cc1ccc(CNC2CC2)cn1. The van der Waals surface area contributed by atoms with Gasteiger partial charge in [0.25, 0.3) is 0 Å². The molecule has 2 aliphatic rings. The van der Waals surface area contributed by atoms with E-state index in [-0.39, 0.29) is 0 Å². The molecule has 3 heteroatoms. The number of pyridine rings is 1. The van der Waals surface area contributed by atoms with Gasteiger partial charge in [-0.3, -0.25) is 9.88 Å². The molecule has 0 spiro atoms. The topological polar surface area (TPSA) is 28.2 Å². The van der Waals surface area contributed by atoms with E-state index in [0.717, 1.165) is 25.2 Å². The normalized spacial score (nSPS) is 24.6. The fraction of sp³-hybridized carbons (Fsp3) is 0.667. The smallest absolute Gasteiger partial charge is 0.0544 e. The van der Waals surface area contributed by atoms with E-state index >= 15 is 0 Å². The number of rotatable bonds is 5. The zero-order valence-electron chi connectivity index (χ0n) is 11.2. The fourth-order valence-corrected chi connectivity index (χ4v) is 2.64. The van der Waals surface area contributed by atoms with Crippen LogP contribution in [0, 0.1) is 0 Å². The van der Waals surface area contributed by atoms with Gasteiger partial charge in [-0.15, -0.1) is 0 Å². The highest BCUT2D eigenvalue weighted by atomic mass is 15.2. The maximum atomic E-state index is 4.59. The van der Waals surface area contributed by atoms with Gasteiger partial charge in [-0.25, -0.2) is 0 Å². The zero-order chi connectivity index (χ0) is 12.4. The highest BCUT2D eigenvalue weighted by Crippen LogP contribution is 2.20. The predicted octanol–water partition coefficient (Wildman–Crippen LogP) is 2.32. The first-order valence-corrected chi connectivity index (χ1v) is 7.22. The molecule has 1 N–H and O–H groups in total. The Kier molecular flexibility index (Phi) is 3.62. The van der Waals surface area contributed by atoms with Crippen LogP contribution in [0.25, 0.3) is 0 Å². The van der Waals surface area contributed by atoms with Crippen molar-refractivity contribution in [3.63, 3.8) is 0 Å². The standard InChI is InChI=1S/C15H23N3/c1-12-3-2-8-18(12)11-15-5-4-13(10-17-15)9-16-14-6-7-14/h4-5,10,12,14,16H,2-3,6-9,11H2,1H3. The van der Waals surface area contributed by atoms with Crippen LogP contribution in [0.4, 0.5) is 0 Å². The molecule has 1 unspecified atom stereocenters. The summed E-state index contributed by atoms with van der Waals surface area (Å²) in [6.07, 6.45) is 7.40. The highest BCUT2D eigenvalue weighted by molar-refractivity contribution is 5.14. The highest BCUT2D eigenvalue weighted by Gasteiger charge is 2.21. The lowest BCUT2D eigenvalue weighted by atomic mass is 10.2. The van der Waals surface area contributed by atoms with Crippen LogP contribution in [-0.4, -0.2) is 28.5 Å². The third kappa shape index (κ3) is 3.09. The Morgan fingerprint density at radius 1 is 1.33 bits per heavy atom. The third-order valence-corrected chi connectivity index (χ3v) is 4.11. The molecule has 3 nitrogen and oxygen atoms in total. The number of likely N-dealkylation sites (tertiary alicyclic amines) is 1. The van der Waals surface area contributed by atoms with Crippen LogP contribution in [-0.2, 0) is 13.1 Å². The quantitative estimate of drug-likeness (QED) is 0.863. The Morgan fingerprint density at radius 3 is 2.83 bits per heavy atom. The first-order chi connectivity index (χ1) is 8.81. The van der Waals surface area contributed by atoms with Crippen LogP contribution in [0.3, 0.4) is 0 Å². The van der Waals surface area contributed by atoms with Gasteiger partial charge in [-0.05, 0) is 50.8 Å². The molecule has 1 aromatic heterocycles. The molecule has 3 rings (SSSR count). The van der Waals surface area contributed by atoms with Crippen LogP contribution < -0.4 is 5.32 Å². The molecule has 2 fully saturated rings. The minimum absolute atomic E-state index is 0.725. The van der Waals surface area contributed by atoms with Crippen molar-refractivity contribution >= 4 is 0 Å². The molecule has 1 aliphatic heterocycles. The molecule has 1 saturated heterocycles. The van der Waals surface area contributed by atoms with Gasteiger partial charge in [0.15, 0.2) is 0 Å². The lowest BCUT2D eigenvalue weighted by molar-refractivity contribution is 0.257. The first kappa shape index (κ1) is 12.1. The van der Waals surface area contributed by atoms with E-state index in [1.54, 1.807) is 0 Å². The van der Waals surface area contributed by atoms with Crippen LogP contribution in [0.5, 0.6) is 0 Å². The van der Waals surface area contributed by atoms with Gasteiger partial charge in [0.05, 0.1) is 5.69 Å². The second-order valence-corrected chi connectivity index (χ2v) is 5.77. The molecule has 98 valence electrons. The van der Waals surface area contributed by atoms with Crippen molar-refractivity contribution in [1.82, 2.24) is 15.2 Å². The number of nitrogens with one attached hydrogen (secondary N) is 1. The summed E-state index contributed by atoms with van der Waals surface area (Å²) in [5, 5.41) is 3.52. The van der Waals surface area contributed by atoms with Crippen LogP contribution in [0.2, 0.25) is 0 Å². The Balaban J connectivity index is 1.53. The van der Waals surface area contributed by atoms with Crippen molar-refractivity contribution in [3.8, 4) is 0 Å². The van der Waals surface area contributed by atoms with Crippen LogP contribution in [0.15, 0.2) is 18.3 Å². The Hall–Kier alpha value is -0.930. The van der Waals surface area contributed by atoms with E-state index in [4.69, 9.17) is 0 Å². The van der Waals surface area contributed by atoms with Crippen molar-refractivity contribution < 1.29 is 0 Å². The molecule has 1 saturated carbocycles. The summed E-state index contributed by atoms with van der Waals surface area (Å²) in [4.78, 5) is 7.13. The minimum atomic E-state index is 0.725. The van der Waals surface area contributed by atoms with E-state index < -0.39 is 0 Å². The summed E-state index contributed by atoms with van der Waals surface area (Å²) in [5.41, 5.74) is 2.51. The largest absolute Gasteiger partial charge is 0.310 e. The summed E-state index contributed by atoms with van der Waals surface area (Å²) >= 11 is 0. The summed E-state index contributed by atoms with van der Waals surface area (Å²) < 4.78 is 0. The first-order valence-electron chi connectivity index (χ1n) is 7.22. The van der Waals surface area contributed by atoms with E-state index in [9.17, 15) is 0 Å². The van der Waals surface area contributed by atoms with Gasteiger partial charge in [0.2, 0.25) is 0 Å². The minimum Gasteiger partial charge on any atom is -0.310 e. The number of aromatic nitrogens is 1. The zero-order valence-corrected chi connectivity index (χ0v) is 11.2. The lowest BCUT2D eigenvalue weighted by Gasteiger charge is -2.20. The summed E-state index contributed by atoms with van der Waals surface area (Å²) in [6.45, 7) is 5.53. The molecule has 0 bridgehead atoms. The maximum Gasteiger partial charge on any atom is 0.0544 e. The molecule has 2 heterocycles. The number of nitrogens with zero attached hydrogens (tertiary/aromatic N) is 2. The van der Waals surface area contributed by atoms with E-state index in [1.165, 1.54) is 43.5 Å². The average Bonchev–Trinajstić information content (AvgIpc) is 3.13. The molecule has 0 aromatic carbocycles. The van der Waals surface area contributed by atoms with Crippen molar-refractivity contribution in [1.29, 1.82) is 0 Å². The Labute approximate surface area is 110 Å². The van der Waals surface area contributed by atoms with Crippen molar-refractivity contribution in [3.05, 3.63) is 29.6 Å². The van der Waals surface area contributed by atoms with Gasteiger partial charge in [0.1, 0.15) is 0 Å². The van der Waals surface area contributed by atoms with E-state index in [0.29, 0.717) is 0 Å². The Bertz CT molecular complexity index is 383. The van der Waals surface area contributed by atoms with Gasteiger partial charge >= 0.3 is 0 Å². The predicted molar refractivity (Wildman–Crippen MR) is 73.2 cm³/mol. The van der Waals surface area contributed by atoms with Gasteiger partial charge in [-0.2, -0.15) is 0 Å². The summed E-state index contributed by atoms with van der Waals surface area (Å²) in [6, 6.07) is 5.91. The fourth-order valence-electron chi connectivity index (χ4n) is 2.64. The third-order valence-electron chi connectivity index (χ3n) is 4.11. The maximum absolute atomic E-state index is 4.59. The van der Waals surface area contributed by atoms with Crippen molar-refractivity contribution in [2.45, 2.75) is 57.8 Å². The summed E-state index contributed by atoms with van der Waals surface area (Å²) in [7, 11) is 0. The molecular weight excluding hydrogens is 222 g/mol. The molecule has 18 heavy (non-hydrogen) atoms. The number of hydrogen-bond donors (Lipinski definition) is 1. The molecule has 0 amide bonds. The van der Waals surface area contributed by atoms with Crippen LogP contribution in [0.1, 0.15) is 43.9 Å². The molecule has 1 aromatic rings. The molecule has 0 radical (unpaired) electrons. The van der Waals surface area contributed by atoms with E-state index in [1.807, 2.05) is 6.20 Å². The molecule has 1 aliphatic carbocycles. The van der Waals surface area contributed by atoms with Gasteiger partial charge in [-0.1, -0.05) is 6.07 Å². The number of hydrogen-bond acceptors (Lipinski definition) is 3. The molecule has 1 atom stereocenters. The molecular formula is C15H23N3. The Morgan fingerprint density at radius 2 is 2.22 bits per heavy atom. The average molecular weight is 245 g/mol. The lowest BCUT2D eigenvalue weighted by Crippen LogP contribution is -2.26. The second kappa shape index (κ2) is 5.37. The van der Waals surface area contributed by atoms with Crippen molar-refractivity contribution in [2.75, 3.05) is 6.54 Å². The van der Waals surface area contributed by atoms with E-state index in [2.05, 4.69) is 34.3 Å². The monoisotopic (exact) mass is 245 g/mol. The van der Waals surface area contributed by atoms with Gasteiger partial charge < -0.3 is 5.32 Å².